The SMILES string of the molecule is Cc1c(F)cc(N)cc1S(=O)(=O)NCCCN(C)C(C)C. The van der Waals surface area contributed by atoms with Gasteiger partial charge in [-0.25, -0.2) is 17.5 Å². The molecule has 7 heteroatoms. The summed E-state index contributed by atoms with van der Waals surface area (Å²) in [5.74, 6) is -0.616. The van der Waals surface area contributed by atoms with Gasteiger partial charge < -0.3 is 10.6 Å². The minimum atomic E-state index is -3.74. The van der Waals surface area contributed by atoms with E-state index in [2.05, 4.69) is 23.5 Å². The van der Waals surface area contributed by atoms with Gasteiger partial charge in [0.25, 0.3) is 0 Å². The third-order valence-corrected chi connectivity index (χ3v) is 5.06. The van der Waals surface area contributed by atoms with Crippen molar-refractivity contribution in [3.05, 3.63) is 23.5 Å². The molecule has 0 aliphatic rings. The van der Waals surface area contributed by atoms with Crippen LogP contribution in [0.15, 0.2) is 17.0 Å². The highest BCUT2D eigenvalue weighted by molar-refractivity contribution is 7.89. The Balaban J connectivity index is 2.71. The largest absolute Gasteiger partial charge is 0.399 e. The predicted octanol–water partition coefficient (Wildman–Crippen LogP) is 1.72. The van der Waals surface area contributed by atoms with Crippen LogP contribution in [-0.4, -0.2) is 39.5 Å². The molecule has 0 radical (unpaired) electrons. The number of anilines is 1. The van der Waals surface area contributed by atoms with Crippen LogP contribution in [0, 0.1) is 12.7 Å². The molecule has 0 bridgehead atoms. The highest BCUT2D eigenvalue weighted by Crippen LogP contribution is 2.21. The molecular formula is C14H24FN3O2S. The van der Waals surface area contributed by atoms with E-state index in [1.165, 1.54) is 13.0 Å². The molecule has 0 spiro atoms. The summed E-state index contributed by atoms with van der Waals surface area (Å²) in [6.45, 7) is 6.65. The molecule has 0 heterocycles. The average Bonchev–Trinajstić information content (AvgIpc) is 2.38. The van der Waals surface area contributed by atoms with E-state index < -0.39 is 15.8 Å². The molecule has 3 N–H and O–H groups in total. The minimum absolute atomic E-state index is 0.0796. The number of rotatable bonds is 7. The first kappa shape index (κ1) is 17.9. The van der Waals surface area contributed by atoms with Gasteiger partial charge in [0.2, 0.25) is 10.0 Å². The quantitative estimate of drug-likeness (QED) is 0.593. The molecule has 1 rings (SSSR count). The highest BCUT2D eigenvalue weighted by Gasteiger charge is 2.19. The fraction of sp³-hybridized carbons (Fsp3) is 0.571. The molecule has 120 valence electrons. The Morgan fingerprint density at radius 1 is 1.38 bits per heavy atom. The lowest BCUT2D eigenvalue weighted by Crippen LogP contribution is -2.31. The van der Waals surface area contributed by atoms with Gasteiger partial charge >= 0.3 is 0 Å². The monoisotopic (exact) mass is 317 g/mol. The molecule has 0 aromatic heterocycles. The number of hydrogen-bond acceptors (Lipinski definition) is 4. The zero-order valence-electron chi connectivity index (χ0n) is 13.0. The Labute approximate surface area is 126 Å². The number of halogens is 1. The molecule has 1 aromatic rings. The van der Waals surface area contributed by atoms with Gasteiger partial charge in [0.05, 0.1) is 4.90 Å². The van der Waals surface area contributed by atoms with Gasteiger partial charge in [-0.15, -0.1) is 0 Å². The first-order valence-corrected chi connectivity index (χ1v) is 8.39. The molecule has 5 nitrogen and oxygen atoms in total. The highest BCUT2D eigenvalue weighted by atomic mass is 32.2. The van der Waals surface area contributed by atoms with Crippen LogP contribution in [0.4, 0.5) is 10.1 Å². The number of hydrogen-bond donors (Lipinski definition) is 2. The summed E-state index contributed by atoms with van der Waals surface area (Å²) in [5, 5.41) is 0. The van der Waals surface area contributed by atoms with Gasteiger partial charge in [0.15, 0.2) is 0 Å². The normalized spacial score (nSPS) is 12.3. The standard InChI is InChI=1S/C14H24FN3O2S/c1-10(2)18(4)7-5-6-17-21(19,20)14-9-12(16)8-13(15)11(14)3/h8-10,17H,5-7,16H2,1-4H3. The van der Waals surface area contributed by atoms with E-state index in [1.807, 2.05) is 7.05 Å². The second-order valence-electron chi connectivity index (χ2n) is 5.45. The lowest BCUT2D eigenvalue weighted by Gasteiger charge is -2.20. The lowest BCUT2D eigenvalue weighted by molar-refractivity contribution is 0.271. The molecule has 0 aliphatic carbocycles. The van der Waals surface area contributed by atoms with Crippen molar-refractivity contribution in [2.45, 2.75) is 38.1 Å². The van der Waals surface area contributed by atoms with Crippen LogP contribution in [0.25, 0.3) is 0 Å². The fourth-order valence-corrected chi connectivity index (χ4v) is 3.18. The maximum Gasteiger partial charge on any atom is 0.241 e. The summed E-state index contributed by atoms with van der Waals surface area (Å²) in [4.78, 5) is 2.02. The van der Waals surface area contributed by atoms with Crippen molar-refractivity contribution >= 4 is 15.7 Å². The van der Waals surface area contributed by atoms with Crippen molar-refractivity contribution in [3.8, 4) is 0 Å². The average molecular weight is 317 g/mol. The van der Waals surface area contributed by atoms with Crippen LogP contribution in [0.1, 0.15) is 25.8 Å². The van der Waals surface area contributed by atoms with Gasteiger partial charge in [-0.2, -0.15) is 0 Å². The number of nitrogens with one attached hydrogen (secondary N) is 1. The number of nitrogens with zero attached hydrogens (tertiary/aromatic N) is 1. The Morgan fingerprint density at radius 2 is 2.00 bits per heavy atom. The van der Waals surface area contributed by atoms with Crippen LogP contribution in [0.2, 0.25) is 0 Å². The van der Waals surface area contributed by atoms with E-state index in [0.29, 0.717) is 19.0 Å². The van der Waals surface area contributed by atoms with Crippen molar-refractivity contribution < 1.29 is 12.8 Å². The van der Waals surface area contributed by atoms with Gasteiger partial charge in [-0.3, -0.25) is 0 Å². The maximum absolute atomic E-state index is 13.6. The molecule has 0 atom stereocenters. The van der Waals surface area contributed by atoms with E-state index in [-0.39, 0.29) is 16.1 Å². The van der Waals surface area contributed by atoms with Crippen molar-refractivity contribution in [2.24, 2.45) is 0 Å². The Bertz CT molecular complexity index is 588. The summed E-state index contributed by atoms with van der Waals surface area (Å²) in [6.07, 6.45) is 0.678. The van der Waals surface area contributed by atoms with Crippen molar-refractivity contribution in [3.63, 3.8) is 0 Å². The first-order chi connectivity index (χ1) is 9.65. The van der Waals surface area contributed by atoms with Crippen LogP contribution in [-0.2, 0) is 10.0 Å². The molecule has 0 saturated heterocycles. The van der Waals surface area contributed by atoms with Gasteiger partial charge in [-0.05, 0) is 52.9 Å². The molecule has 0 fully saturated rings. The summed E-state index contributed by atoms with van der Waals surface area (Å²) in [5.41, 5.74) is 5.69. The van der Waals surface area contributed by atoms with E-state index >= 15 is 0 Å². The topological polar surface area (TPSA) is 75.4 Å². The van der Waals surface area contributed by atoms with Crippen LogP contribution < -0.4 is 10.5 Å². The third-order valence-electron chi connectivity index (χ3n) is 3.47. The van der Waals surface area contributed by atoms with Gasteiger partial charge in [0, 0.05) is 23.8 Å². The fourth-order valence-electron chi connectivity index (χ4n) is 1.82. The van der Waals surface area contributed by atoms with Gasteiger partial charge in [-0.1, -0.05) is 0 Å². The van der Waals surface area contributed by atoms with E-state index in [0.717, 1.165) is 12.6 Å². The maximum atomic E-state index is 13.6. The second kappa shape index (κ2) is 7.20. The van der Waals surface area contributed by atoms with Crippen LogP contribution >= 0.6 is 0 Å². The summed E-state index contributed by atoms with van der Waals surface area (Å²) >= 11 is 0. The van der Waals surface area contributed by atoms with E-state index in [9.17, 15) is 12.8 Å². The molecule has 0 saturated carbocycles. The first-order valence-electron chi connectivity index (χ1n) is 6.90. The molecule has 21 heavy (non-hydrogen) atoms. The zero-order valence-corrected chi connectivity index (χ0v) is 13.8. The molecule has 1 aromatic carbocycles. The van der Waals surface area contributed by atoms with E-state index in [4.69, 9.17) is 5.73 Å². The van der Waals surface area contributed by atoms with Gasteiger partial charge in [0.1, 0.15) is 5.82 Å². The van der Waals surface area contributed by atoms with Crippen molar-refractivity contribution in [1.82, 2.24) is 9.62 Å². The summed E-state index contributed by atoms with van der Waals surface area (Å²) < 4.78 is 40.4. The molecular weight excluding hydrogens is 293 g/mol. The Hall–Kier alpha value is -1.18. The number of benzene rings is 1. The molecule has 0 unspecified atom stereocenters. The van der Waals surface area contributed by atoms with Crippen LogP contribution in [0.3, 0.4) is 0 Å². The predicted molar refractivity (Wildman–Crippen MR) is 83.1 cm³/mol. The summed E-state index contributed by atoms with van der Waals surface area (Å²) in [7, 11) is -1.76. The van der Waals surface area contributed by atoms with E-state index in [1.54, 1.807) is 0 Å². The minimum Gasteiger partial charge on any atom is -0.399 e. The number of sulfonamides is 1. The Kier molecular flexibility index (Phi) is 6.12. The zero-order chi connectivity index (χ0) is 16.2. The second-order valence-corrected chi connectivity index (χ2v) is 7.19. The molecule has 0 aliphatic heterocycles. The third kappa shape index (κ3) is 4.94. The summed E-state index contributed by atoms with van der Waals surface area (Å²) in [6, 6.07) is 2.80. The Morgan fingerprint density at radius 3 is 2.57 bits per heavy atom. The van der Waals surface area contributed by atoms with Crippen LogP contribution in [0.5, 0.6) is 0 Å². The molecule has 0 amide bonds. The van der Waals surface area contributed by atoms with Crippen molar-refractivity contribution in [2.75, 3.05) is 25.9 Å². The lowest BCUT2D eigenvalue weighted by atomic mass is 10.2. The van der Waals surface area contributed by atoms with Crippen molar-refractivity contribution in [1.29, 1.82) is 0 Å². The smallest absolute Gasteiger partial charge is 0.241 e. The number of nitrogens with two attached hydrogens (primary N) is 1. The number of nitrogen functional groups attached to an aromatic ring is 1.